The third-order valence-corrected chi connectivity index (χ3v) is 8.08. The van der Waals surface area contributed by atoms with Crippen molar-refractivity contribution in [3.63, 3.8) is 0 Å². The average Bonchev–Trinajstić information content (AvgIpc) is 2.88. The first-order valence-electron chi connectivity index (χ1n) is 12.3. The highest BCUT2D eigenvalue weighted by Crippen LogP contribution is 2.27. The van der Waals surface area contributed by atoms with Crippen LogP contribution in [-0.2, 0) is 32.6 Å². The van der Waals surface area contributed by atoms with Gasteiger partial charge in [0.15, 0.2) is 0 Å². The molecule has 0 spiro atoms. The van der Waals surface area contributed by atoms with E-state index in [4.69, 9.17) is 34.8 Å². The SMILES string of the molecule is CC(C)NC(=O)C(Cc1ccccc1)N(Cc1ccc(Cl)c(Cl)c1)C(=O)CN(c1ccc(F)c(Cl)c1)S(C)(=O)=O. The van der Waals surface area contributed by atoms with Gasteiger partial charge in [0.05, 0.1) is 27.0 Å². The molecule has 0 fully saturated rings. The molecule has 1 N–H and O–H groups in total. The second-order valence-corrected chi connectivity index (χ2v) is 12.6. The summed E-state index contributed by atoms with van der Waals surface area (Å²) in [5, 5.41) is 3.14. The molecule has 3 aromatic carbocycles. The van der Waals surface area contributed by atoms with Crippen molar-refractivity contribution in [3.05, 3.63) is 98.7 Å². The molecule has 3 aromatic rings. The van der Waals surface area contributed by atoms with Gasteiger partial charge in [0.2, 0.25) is 21.8 Å². The number of nitrogens with one attached hydrogen (secondary N) is 1. The Morgan fingerprint density at radius 3 is 2.15 bits per heavy atom. The Bertz CT molecular complexity index is 1470. The first-order chi connectivity index (χ1) is 18.8. The van der Waals surface area contributed by atoms with Crippen LogP contribution in [0.3, 0.4) is 0 Å². The van der Waals surface area contributed by atoms with Crippen LogP contribution in [0.2, 0.25) is 15.1 Å². The second-order valence-electron chi connectivity index (χ2n) is 9.51. The number of hydrogen-bond acceptors (Lipinski definition) is 4. The van der Waals surface area contributed by atoms with E-state index in [0.717, 1.165) is 28.3 Å². The van der Waals surface area contributed by atoms with Gasteiger partial charge in [0, 0.05) is 19.0 Å². The van der Waals surface area contributed by atoms with Crippen molar-refractivity contribution < 1.29 is 22.4 Å². The van der Waals surface area contributed by atoms with Gasteiger partial charge in [-0.1, -0.05) is 71.2 Å². The average molecular weight is 629 g/mol. The minimum absolute atomic E-state index is 0.00276. The molecule has 1 atom stereocenters. The smallest absolute Gasteiger partial charge is 0.244 e. The van der Waals surface area contributed by atoms with Gasteiger partial charge < -0.3 is 10.2 Å². The zero-order valence-electron chi connectivity index (χ0n) is 22.1. The minimum atomic E-state index is -4.02. The van der Waals surface area contributed by atoms with E-state index in [1.165, 1.54) is 11.0 Å². The van der Waals surface area contributed by atoms with E-state index < -0.39 is 40.2 Å². The molecular weight excluding hydrogens is 600 g/mol. The standard InChI is InChI=1S/C28H29Cl3FN3O4S/c1-18(2)33-28(37)26(14-19-7-5-4-6-8-19)34(16-20-9-11-22(29)23(30)13-20)27(36)17-35(40(3,38)39)21-10-12-25(32)24(31)15-21/h4-13,15,18,26H,14,16-17H2,1-3H3,(H,33,37). The van der Waals surface area contributed by atoms with Crippen molar-refractivity contribution in [2.75, 3.05) is 17.1 Å². The summed E-state index contributed by atoms with van der Waals surface area (Å²) in [6, 6.07) is 16.1. The van der Waals surface area contributed by atoms with Crippen LogP contribution >= 0.6 is 34.8 Å². The van der Waals surface area contributed by atoms with E-state index in [0.29, 0.717) is 10.6 Å². The van der Waals surface area contributed by atoms with Crippen LogP contribution in [0.15, 0.2) is 66.7 Å². The molecule has 3 rings (SSSR count). The predicted octanol–water partition coefficient (Wildman–Crippen LogP) is 5.72. The third kappa shape index (κ3) is 8.57. The van der Waals surface area contributed by atoms with Crippen LogP contribution < -0.4 is 9.62 Å². The van der Waals surface area contributed by atoms with E-state index in [-0.39, 0.29) is 34.7 Å². The maximum Gasteiger partial charge on any atom is 0.244 e. The zero-order chi connectivity index (χ0) is 29.6. The zero-order valence-corrected chi connectivity index (χ0v) is 25.2. The Kier molecular flexibility index (Phi) is 10.8. The maximum absolute atomic E-state index is 14.0. The highest BCUT2D eigenvalue weighted by Gasteiger charge is 2.33. The number of hydrogen-bond donors (Lipinski definition) is 1. The molecular formula is C28H29Cl3FN3O4S. The highest BCUT2D eigenvalue weighted by molar-refractivity contribution is 7.92. The Morgan fingerprint density at radius 2 is 1.57 bits per heavy atom. The first kappa shape index (κ1) is 31.7. The molecule has 40 heavy (non-hydrogen) atoms. The Balaban J connectivity index is 2.08. The summed E-state index contributed by atoms with van der Waals surface area (Å²) >= 11 is 18.2. The molecule has 0 saturated carbocycles. The molecule has 0 heterocycles. The van der Waals surface area contributed by atoms with Crippen molar-refractivity contribution in [1.82, 2.24) is 10.2 Å². The normalized spacial score (nSPS) is 12.2. The Labute approximate surface area is 248 Å². The molecule has 2 amide bonds. The van der Waals surface area contributed by atoms with E-state index >= 15 is 0 Å². The molecule has 0 saturated heterocycles. The first-order valence-corrected chi connectivity index (χ1v) is 15.2. The molecule has 214 valence electrons. The van der Waals surface area contributed by atoms with Gasteiger partial charge in [-0.3, -0.25) is 13.9 Å². The lowest BCUT2D eigenvalue weighted by molar-refractivity contribution is -0.140. The molecule has 0 aliphatic carbocycles. The minimum Gasteiger partial charge on any atom is -0.352 e. The summed E-state index contributed by atoms with van der Waals surface area (Å²) in [4.78, 5) is 28.8. The molecule has 0 radical (unpaired) electrons. The highest BCUT2D eigenvalue weighted by atomic mass is 35.5. The van der Waals surface area contributed by atoms with Gasteiger partial charge in [-0.2, -0.15) is 0 Å². The van der Waals surface area contributed by atoms with Crippen LogP contribution in [0.1, 0.15) is 25.0 Å². The molecule has 1 unspecified atom stereocenters. The quantitative estimate of drug-likeness (QED) is 0.295. The molecule has 7 nitrogen and oxygen atoms in total. The number of sulfonamides is 1. The molecule has 0 aliphatic rings. The Morgan fingerprint density at radius 1 is 0.900 bits per heavy atom. The van der Waals surface area contributed by atoms with Crippen molar-refractivity contribution in [2.24, 2.45) is 0 Å². The number of amides is 2. The fraction of sp³-hybridized carbons (Fsp3) is 0.286. The summed E-state index contributed by atoms with van der Waals surface area (Å²) in [6.07, 6.45) is 1.08. The monoisotopic (exact) mass is 627 g/mol. The number of halogens is 4. The topological polar surface area (TPSA) is 86.8 Å². The predicted molar refractivity (Wildman–Crippen MR) is 158 cm³/mol. The molecule has 0 bridgehead atoms. The fourth-order valence-electron chi connectivity index (χ4n) is 4.02. The van der Waals surface area contributed by atoms with Crippen LogP contribution in [0.25, 0.3) is 0 Å². The van der Waals surface area contributed by atoms with Crippen LogP contribution in [-0.4, -0.2) is 50.0 Å². The van der Waals surface area contributed by atoms with Crippen molar-refractivity contribution in [2.45, 2.75) is 38.9 Å². The summed E-state index contributed by atoms with van der Waals surface area (Å²) in [7, 11) is -4.02. The number of rotatable bonds is 11. The summed E-state index contributed by atoms with van der Waals surface area (Å²) in [6.45, 7) is 2.86. The lowest BCUT2D eigenvalue weighted by atomic mass is 10.0. The van der Waals surface area contributed by atoms with Gasteiger partial charge in [-0.05, 0) is 55.3 Å². The maximum atomic E-state index is 14.0. The molecule has 0 aliphatic heterocycles. The lowest BCUT2D eigenvalue weighted by Crippen LogP contribution is -2.54. The number of carbonyl (C=O) groups excluding carboxylic acids is 2. The number of nitrogens with zero attached hydrogens (tertiary/aromatic N) is 2. The van der Waals surface area contributed by atoms with Crippen LogP contribution in [0.5, 0.6) is 0 Å². The molecule has 12 heteroatoms. The summed E-state index contributed by atoms with van der Waals surface area (Å²) in [5.74, 6) is -1.82. The largest absolute Gasteiger partial charge is 0.352 e. The van der Waals surface area contributed by atoms with Gasteiger partial charge >= 0.3 is 0 Å². The van der Waals surface area contributed by atoms with Gasteiger partial charge in [0.1, 0.15) is 18.4 Å². The lowest BCUT2D eigenvalue weighted by Gasteiger charge is -2.34. The van der Waals surface area contributed by atoms with Gasteiger partial charge in [0.25, 0.3) is 0 Å². The van der Waals surface area contributed by atoms with Crippen molar-refractivity contribution in [3.8, 4) is 0 Å². The van der Waals surface area contributed by atoms with E-state index in [1.54, 1.807) is 32.0 Å². The summed E-state index contributed by atoms with van der Waals surface area (Å²) in [5.41, 5.74) is 1.38. The van der Waals surface area contributed by atoms with Crippen LogP contribution in [0.4, 0.5) is 10.1 Å². The molecule has 0 aromatic heterocycles. The van der Waals surface area contributed by atoms with Crippen LogP contribution in [0, 0.1) is 5.82 Å². The number of benzene rings is 3. The summed E-state index contributed by atoms with van der Waals surface area (Å²) < 4.78 is 40.2. The fourth-order valence-corrected chi connectivity index (χ4v) is 5.36. The number of anilines is 1. The van der Waals surface area contributed by atoms with Gasteiger partial charge in [-0.15, -0.1) is 0 Å². The van der Waals surface area contributed by atoms with E-state index in [1.807, 2.05) is 30.3 Å². The second kappa shape index (κ2) is 13.7. The van der Waals surface area contributed by atoms with Gasteiger partial charge in [-0.25, -0.2) is 12.8 Å². The van der Waals surface area contributed by atoms with E-state index in [9.17, 15) is 22.4 Å². The third-order valence-electron chi connectivity index (χ3n) is 5.91. The Hall–Kier alpha value is -2.85. The van der Waals surface area contributed by atoms with E-state index in [2.05, 4.69) is 5.32 Å². The van der Waals surface area contributed by atoms with Crippen molar-refractivity contribution in [1.29, 1.82) is 0 Å². The number of carbonyl (C=O) groups is 2. The van der Waals surface area contributed by atoms with Crippen molar-refractivity contribution >= 4 is 62.3 Å².